The van der Waals surface area contributed by atoms with E-state index in [2.05, 4.69) is 4.98 Å². The van der Waals surface area contributed by atoms with Crippen molar-refractivity contribution in [2.75, 3.05) is 18.5 Å². The Balaban J connectivity index is 2.39. The Morgan fingerprint density at radius 3 is 2.83 bits per heavy atom. The number of fused-ring (bicyclic) bond motifs is 1. The number of carboxylic acids is 1. The smallest absolute Gasteiger partial charge is 0.305 e. The van der Waals surface area contributed by atoms with E-state index in [9.17, 15) is 4.79 Å². The van der Waals surface area contributed by atoms with Gasteiger partial charge in [-0.1, -0.05) is 18.2 Å². The third-order valence-electron chi connectivity index (χ3n) is 2.89. The van der Waals surface area contributed by atoms with Crippen molar-refractivity contribution in [1.29, 1.82) is 0 Å². The maximum Gasteiger partial charge on any atom is 0.305 e. The lowest BCUT2D eigenvalue weighted by Crippen LogP contribution is -2.21. The summed E-state index contributed by atoms with van der Waals surface area (Å²) in [5.41, 5.74) is 2.90. The molecule has 0 unspecified atom stereocenters. The molecule has 18 heavy (non-hydrogen) atoms. The Bertz CT molecular complexity index is 581. The van der Waals surface area contributed by atoms with Crippen LogP contribution in [0.25, 0.3) is 10.9 Å². The van der Waals surface area contributed by atoms with Crippen LogP contribution in [0.4, 0.5) is 5.69 Å². The molecule has 4 nitrogen and oxygen atoms in total. The highest BCUT2D eigenvalue weighted by atomic mass is 16.4. The number of hydrogen-bond donors (Lipinski definition) is 1. The second-order valence-electron chi connectivity index (χ2n) is 4.37. The predicted octanol–water partition coefficient (Wildman–Crippen LogP) is 2.45. The molecule has 1 heterocycles. The van der Waals surface area contributed by atoms with E-state index in [1.54, 1.807) is 0 Å². The largest absolute Gasteiger partial charge is 0.481 e. The Hall–Kier alpha value is -2.10. The first kappa shape index (κ1) is 12.4. The molecular weight excluding hydrogens is 228 g/mol. The molecule has 4 heteroatoms. The molecule has 0 aliphatic carbocycles. The van der Waals surface area contributed by atoms with E-state index in [0.717, 1.165) is 22.3 Å². The Morgan fingerprint density at radius 2 is 2.11 bits per heavy atom. The molecule has 0 atom stereocenters. The summed E-state index contributed by atoms with van der Waals surface area (Å²) in [7, 11) is 1.91. The molecule has 0 aliphatic rings. The summed E-state index contributed by atoms with van der Waals surface area (Å²) in [5.74, 6) is -0.781. The van der Waals surface area contributed by atoms with Crippen LogP contribution in [0, 0.1) is 6.92 Å². The van der Waals surface area contributed by atoms with Gasteiger partial charge >= 0.3 is 5.97 Å². The van der Waals surface area contributed by atoms with Crippen LogP contribution in [-0.2, 0) is 4.79 Å². The minimum Gasteiger partial charge on any atom is -0.481 e. The van der Waals surface area contributed by atoms with Gasteiger partial charge in [-0.15, -0.1) is 0 Å². The Morgan fingerprint density at radius 1 is 1.39 bits per heavy atom. The van der Waals surface area contributed by atoms with Crippen LogP contribution in [0.5, 0.6) is 0 Å². The molecule has 1 aromatic heterocycles. The second-order valence-corrected chi connectivity index (χ2v) is 4.37. The molecular formula is C14H16N2O2. The number of para-hydroxylation sites is 1. The minimum absolute atomic E-state index is 0.131. The lowest BCUT2D eigenvalue weighted by atomic mass is 10.1. The van der Waals surface area contributed by atoms with Crippen LogP contribution in [-0.4, -0.2) is 29.7 Å². The van der Waals surface area contributed by atoms with Gasteiger partial charge in [0.15, 0.2) is 0 Å². The van der Waals surface area contributed by atoms with Gasteiger partial charge in [-0.2, -0.15) is 0 Å². The average Bonchev–Trinajstić information content (AvgIpc) is 2.34. The van der Waals surface area contributed by atoms with Crippen molar-refractivity contribution in [3.05, 3.63) is 36.0 Å². The normalized spacial score (nSPS) is 10.6. The summed E-state index contributed by atoms with van der Waals surface area (Å²) in [5, 5.41) is 9.79. The summed E-state index contributed by atoms with van der Waals surface area (Å²) >= 11 is 0. The maximum atomic E-state index is 10.6. The molecule has 0 aliphatic heterocycles. The third-order valence-corrected chi connectivity index (χ3v) is 2.89. The molecule has 1 N–H and O–H groups in total. The number of aryl methyl sites for hydroxylation is 1. The number of pyridine rings is 1. The van der Waals surface area contributed by atoms with Gasteiger partial charge in [0.2, 0.25) is 0 Å². The van der Waals surface area contributed by atoms with Crippen LogP contribution in [0.15, 0.2) is 30.3 Å². The van der Waals surface area contributed by atoms with Crippen molar-refractivity contribution in [2.24, 2.45) is 0 Å². The molecule has 1 aromatic carbocycles. The maximum absolute atomic E-state index is 10.6. The number of aliphatic carboxylic acids is 1. The van der Waals surface area contributed by atoms with E-state index in [0.29, 0.717) is 6.54 Å². The van der Waals surface area contributed by atoms with Gasteiger partial charge in [-0.3, -0.25) is 9.78 Å². The quantitative estimate of drug-likeness (QED) is 0.897. The van der Waals surface area contributed by atoms with Gasteiger partial charge in [-0.05, 0) is 19.1 Å². The Labute approximate surface area is 106 Å². The fraction of sp³-hybridized carbons (Fsp3) is 0.286. The molecule has 0 bridgehead atoms. The first-order valence-electron chi connectivity index (χ1n) is 5.87. The number of anilines is 1. The van der Waals surface area contributed by atoms with E-state index in [1.807, 2.05) is 49.2 Å². The van der Waals surface area contributed by atoms with Crippen LogP contribution >= 0.6 is 0 Å². The molecule has 0 fully saturated rings. The van der Waals surface area contributed by atoms with Gasteiger partial charge < -0.3 is 10.0 Å². The Kier molecular flexibility index (Phi) is 3.46. The molecule has 0 radical (unpaired) electrons. The molecule has 94 valence electrons. The summed E-state index contributed by atoms with van der Waals surface area (Å²) in [6.07, 6.45) is 0.131. The number of nitrogens with zero attached hydrogens (tertiary/aromatic N) is 2. The van der Waals surface area contributed by atoms with Crippen molar-refractivity contribution in [2.45, 2.75) is 13.3 Å². The molecule has 2 rings (SSSR count). The van der Waals surface area contributed by atoms with Crippen LogP contribution in [0.2, 0.25) is 0 Å². The lowest BCUT2D eigenvalue weighted by molar-refractivity contribution is -0.136. The zero-order valence-corrected chi connectivity index (χ0v) is 10.6. The summed E-state index contributed by atoms with van der Waals surface area (Å²) in [6.45, 7) is 2.43. The van der Waals surface area contributed by atoms with E-state index in [1.165, 1.54) is 0 Å². The molecule has 0 saturated heterocycles. The van der Waals surface area contributed by atoms with E-state index >= 15 is 0 Å². The molecule has 0 spiro atoms. The first-order valence-corrected chi connectivity index (χ1v) is 5.87. The fourth-order valence-electron chi connectivity index (χ4n) is 1.99. The molecule has 0 amide bonds. The van der Waals surface area contributed by atoms with E-state index in [-0.39, 0.29) is 6.42 Å². The SMILES string of the molecule is Cc1cc(N(C)CCC(=O)O)c2ccccc2n1. The van der Waals surface area contributed by atoms with Crippen LogP contribution in [0.3, 0.4) is 0 Å². The van der Waals surface area contributed by atoms with Gasteiger partial charge in [0, 0.05) is 30.4 Å². The number of rotatable bonds is 4. The van der Waals surface area contributed by atoms with Crippen molar-refractivity contribution < 1.29 is 9.90 Å². The van der Waals surface area contributed by atoms with Crippen molar-refractivity contribution in [1.82, 2.24) is 4.98 Å². The van der Waals surface area contributed by atoms with Crippen LogP contribution < -0.4 is 4.90 Å². The van der Waals surface area contributed by atoms with Crippen molar-refractivity contribution in [3.63, 3.8) is 0 Å². The highest BCUT2D eigenvalue weighted by molar-refractivity contribution is 5.91. The van der Waals surface area contributed by atoms with Crippen molar-refractivity contribution in [3.8, 4) is 0 Å². The second kappa shape index (κ2) is 5.04. The highest BCUT2D eigenvalue weighted by Gasteiger charge is 2.09. The summed E-state index contributed by atoms with van der Waals surface area (Å²) in [6, 6.07) is 9.89. The number of hydrogen-bond acceptors (Lipinski definition) is 3. The topological polar surface area (TPSA) is 53.4 Å². The highest BCUT2D eigenvalue weighted by Crippen LogP contribution is 2.25. The van der Waals surface area contributed by atoms with E-state index < -0.39 is 5.97 Å². The van der Waals surface area contributed by atoms with Gasteiger partial charge in [0.05, 0.1) is 11.9 Å². The zero-order chi connectivity index (χ0) is 13.1. The van der Waals surface area contributed by atoms with Gasteiger partial charge in [-0.25, -0.2) is 0 Å². The first-order chi connectivity index (χ1) is 8.58. The summed E-state index contributed by atoms with van der Waals surface area (Å²) in [4.78, 5) is 17.1. The average molecular weight is 244 g/mol. The van der Waals surface area contributed by atoms with Crippen molar-refractivity contribution >= 4 is 22.6 Å². The summed E-state index contributed by atoms with van der Waals surface area (Å²) < 4.78 is 0. The number of carboxylic acid groups (broad SMARTS) is 1. The number of benzene rings is 1. The number of carbonyl (C=O) groups is 1. The minimum atomic E-state index is -0.781. The monoisotopic (exact) mass is 244 g/mol. The third kappa shape index (κ3) is 2.59. The van der Waals surface area contributed by atoms with Gasteiger partial charge in [0.1, 0.15) is 0 Å². The van der Waals surface area contributed by atoms with Gasteiger partial charge in [0.25, 0.3) is 0 Å². The molecule has 0 saturated carbocycles. The van der Waals surface area contributed by atoms with E-state index in [4.69, 9.17) is 5.11 Å². The molecule has 2 aromatic rings. The lowest BCUT2D eigenvalue weighted by Gasteiger charge is -2.20. The zero-order valence-electron chi connectivity index (χ0n) is 10.6. The predicted molar refractivity (Wildman–Crippen MR) is 72.0 cm³/mol. The van der Waals surface area contributed by atoms with Crippen LogP contribution in [0.1, 0.15) is 12.1 Å². The fourth-order valence-corrected chi connectivity index (χ4v) is 1.99. The standard InChI is InChI=1S/C14H16N2O2/c1-10-9-13(16(2)8-7-14(17)18)11-5-3-4-6-12(11)15-10/h3-6,9H,7-8H2,1-2H3,(H,17,18). The number of aromatic nitrogens is 1.